The van der Waals surface area contributed by atoms with Crippen LogP contribution in [0.3, 0.4) is 0 Å². The van der Waals surface area contributed by atoms with E-state index >= 15 is 0 Å². The summed E-state index contributed by atoms with van der Waals surface area (Å²) < 4.78 is 16.2. The summed E-state index contributed by atoms with van der Waals surface area (Å²) in [6.45, 7) is 5.68. The van der Waals surface area contributed by atoms with Crippen LogP contribution >= 0.6 is 0 Å². The zero-order chi connectivity index (χ0) is 19.4. The molecule has 0 aliphatic carbocycles. The van der Waals surface area contributed by atoms with Crippen molar-refractivity contribution < 1.29 is 18.7 Å². The highest BCUT2D eigenvalue weighted by molar-refractivity contribution is 5.84. The predicted octanol–water partition coefficient (Wildman–Crippen LogP) is 4.09. The molecule has 5 heteroatoms. The summed E-state index contributed by atoms with van der Waals surface area (Å²) in [4.78, 5) is 23.9. The lowest BCUT2D eigenvalue weighted by Crippen LogP contribution is -2.16. The second-order valence-corrected chi connectivity index (χ2v) is 6.39. The van der Waals surface area contributed by atoms with Gasteiger partial charge in [0.1, 0.15) is 17.9 Å². The van der Waals surface area contributed by atoms with E-state index in [2.05, 4.69) is 0 Å². The zero-order valence-electron chi connectivity index (χ0n) is 15.7. The van der Waals surface area contributed by atoms with E-state index in [1.807, 2.05) is 57.2 Å². The van der Waals surface area contributed by atoms with Crippen molar-refractivity contribution in [1.82, 2.24) is 0 Å². The molecule has 3 rings (SSSR count). The van der Waals surface area contributed by atoms with Crippen molar-refractivity contribution in [2.45, 2.75) is 33.8 Å². The number of para-hydroxylation sites is 1. The first kappa shape index (κ1) is 18.7. The van der Waals surface area contributed by atoms with E-state index in [-0.39, 0.29) is 13.2 Å². The third kappa shape index (κ3) is 4.19. The van der Waals surface area contributed by atoms with E-state index in [4.69, 9.17) is 13.9 Å². The van der Waals surface area contributed by atoms with E-state index in [9.17, 15) is 9.59 Å². The number of carbonyl (C=O) groups excluding carboxylic acids is 1. The Bertz CT molecular complexity index is 1030. The summed E-state index contributed by atoms with van der Waals surface area (Å²) in [6.07, 6.45) is 0.815. The second kappa shape index (κ2) is 8.08. The Hall–Kier alpha value is -3.08. The second-order valence-electron chi connectivity index (χ2n) is 6.39. The molecule has 0 saturated carbocycles. The molecule has 0 radical (unpaired) electrons. The fourth-order valence-electron chi connectivity index (χ4n) is 2.92. The SMILES string of the molecule is CCc1ccccc1OCC(=O)OCc1cc(=O)oc2c(C)c(C)ccc12. The quantitative estimate of drug-likeness (QED) is 0.485. The molecule has 0 unspecified atom stereocenters. The third-order valence-corrected chi connectivity index (χ3v) is 4.61. The van der Waals surface area contributed by atoms with Crippen LogP contribution in [0, 0.1) is 13.8 Å². The van der Waals surface area contributed by atoms with Gasteiger partial charge < -0.3 is 13.9 Å². The molecule has 3 aromatic rings. The van der Waals surface area contributed by atoms with Gasteiger partial charge in [0.15, 0.2) is 6.61 Å². The standard InChI is InChI=1S/C22H22O5/c1-4-16-7-5-6-8-19(16)25-13-21(24)26-12-17-11-20(23)27-22-15(3)14(2)9-10-18(17)22/h5-11H,4,12-13H2,1-3H3. The van der Waals surface area contributed by atoms with E-state index in [1.165, 1.54) is 6.07 Å². The summed E-state index contributed by atoms with van der Waals surface area (Å²) >= 11 is 0. The molecule has 5 nitrogen and oxygen atoms in total. The molecule has 0 aliphatic rings. The minimum absolute atomic E-state index is 0.0117. The fourth-order valence-corrected chi connectivity index (χ4v) is 2.92. The van der Waals surface area contributed by atoms with Gasteiger partial charge in [-0.3, -0.25) is 0 Å². The smallest absolute Gasteiger partial charge is 0.344 e. The van der Waals surface area contributed by atoms with Crippen molar-refractivity contribution in [1.29, 1.82) is 0 Å². The van der Waals surface area contributed by atoms with Gasteiger partial charge in [0, 0.05) is 17.0 Å². The fraction of sp³-hybridized carbons (Fsp3) is 0.273. The molecule has 0 aliphatic heterocycles. The predicted molar refractivity (Wildman–Crippen MR) is 103 cm³/mol. The summed E-state index contributed by atoms with van der Waals surface area (Å²) in [5.41, 5.74) is 3.64. The van der Waals surface area contributed by atoms with Crippen molar-refractivity contribution in [2.75, 3.05) is 6.61 Å². The Morgan fingerprint density at radius 3 is 2.63 bits per heavy atom. The largest absolute Gasteiger partial charge is 0.482 e. The van der Waals surface area contributed by atoms with Crippen molar-refractivity contribution in [3.05, 3.63) is 75.1 Å². The molecule has 1 aromatic heterocycles. The maximum atomic E-state index is 12.1. The molecule has 0 spiro atoms. The lowest BCUT2D eigenvalue weighted by Gasteiger charge is -2.11. The van der Waals surface area contributed by atoms with Gasteiger partial charge in [-0.25, -0.2) is 9.59 Å². The maximum Gasteiger partial charge on any atom is 0.344 e. The van der Waals surface area contributed by atoms with Gasteiger partial charge in [0.2, 0.25) is 0 Å². The van der Waals surface area contributed by atoms with Crippen LogP contribution in [0.5, 0.6) is 5.75 Å². The first-order valence-electron chi connectivity index (χ1n) is 8.89. The number of benzene rings is 2. The molecule has 0 atom stereocenters. The summed E-state index contributed by atoms with van der Waals surface area (Å²) in [5, 5.41) is 0.766. The number of hydrogen-bond donors (Lipinski definition) is 0. The van der Waals surface area contributed by atoms with Gasteiger partial charge in [-0.1, -0.05) is 37.3 Å². The maximum absolute atomic E-state index is 12.1. The van der Waals surface area contributed by atoms with Gasteiger partial charge in [-0.05, 0) is 43.0 Å². The Morgan fingerprint density at radius 1 is 1.07 bits per heavy atom. The number of esters is 1. The van der Waals surface area contributed by atoms with Gasteiger partial charge in [-0.15, -0.1) is 0 Å². The molecule has 0 bridgehead atoms. The highest BCUT2D eigenvalue weighted by Crippen LogP contribution is 2.24. The highest BCUT2D eigenvalue weighted by Gasteiger charge is 2.12. The van der Waals surface area contributed by atoms with Crippen LogP contribution in [0.2, 0.25) is 0 Å². The first-order valence-corrected chi connectivity index (χ1v) is 8.89. The Kier molecular flexibility index (Phi) is 5.60. The van der Waals surface area contributed by atoms with Gasteiger partial charge in [-0.2, -0.15) is 0 Å². The van der Waals surface area contributed by atoms with E-state index in [0.717, 1.165) is 28.5 Å². The van der Waals surface area contributed by atoms with Crippen LogP contribution in [0.1, 0.15) is 29.2 Å². The molecule has 0 fully saturated rings. The first-order chi connectivity index (χ1) is 13.0. The lowest BCUT2D eigenvalue weighted by atomic mass is 10.0. The van der Waals surface area contributed by atoms with Crippen LogP contribution in [0.4, 0.5) is 0 Å². The number of aryl methyl sites for hydroxylation is 3. The highest BCUT2D eigenvalue weighted by atomic mass is 16.6. The van der Waals surface area contributed by atoms with E-state index in [0.29, 0.717) is 16.9 Å². The molecule has 27 heavy (non-hydrogen) atoms. The summed E-state index contributed by atoms with van der Waals surface area (Å²) in [5.74, 6) is 0.181. The van der Waals surface area contributed by atoms with E-state index < -0.39 is 11.6 Å². The molecule has 0 amide bonds. The molecular weight excluding hydrogens is 344 g/mol. The van der Waals surface area contributed by atoms with Gasteiger partial charge >= 0.3 is 11.6 Å². The molecule has 0 saturated heterocycles. The molecule has 0 N–H and O–H groups in total. The van der Waals surface area contributed by atoms with E-state index in [1.54, 1.807) is 0 Å². The van der Waals surface area contributed by atoms with Crippen molar-refractivity contribution >= 4 is 16.9 Å². The Labute approximate surface area is 157 Å². The molecule has 140 valence electrons. The summed E-state index contributed by atoms with van der Waals surface area (Å²) in [6, 6.07) is 12.8. The number of fused-ring (bicyclic) bond motifs is 1. The molecule has 1 heterocycles. The van der Waals surface area contributed by atoms with Crippen LogP contribution < -0.4 is 10.4 Å². The minimum Gasteiger partial charge on any atom is -0.482 e. The third-order valence-electron chi connectivity index (χ3n) is 4.61. The number of rotatable bonds is 6. The lowest BCUT2D eigenvalue weighted by molar-refractivity contribution is -0.147. The van der Waals surface area contributed by atoms with Crippen molar-refractivity contribution in [3.63, 3.8) is 0 Å². The number of hydrogen-bond acceptors (Lipinski definition) is 5. The van der Waals surface area contributed by atoms with Crippen LogP contribution in [-0.4, -0.2) is 12.6 Å². The van der Waals surface area contributed by atoms with Crippen LogP contribution in [-0.2, 0) is 22.6 Å². The molecule has 2 aromatic carbocycles. The number of carbonyl (C=O) groups is 1. The van der Waals surface area contributed by atoms with Crippen LogP contribution in [0.15, 0.2) is 51.7 Å². The monoisotopic (exact) mass is 366 g/mol. The average Bonchev–Trinajstić information content (AvgIpc) is 2.67. The van der Waals surface area contributed by atoms with Crippen molar-refractivity contribution in [2.24, 2.45) is 0 Å². The van der Waals surface area contributed by atoms with Gasteiger partial charge in [0.25, 0.3) is 0 Å². The zero-order valence-corrected chi connectivity index (χ0v) is 15.7. The average molecular weight is 366 g/mol. The minimum atomic E-state index is -0.494. The number of ether oxygens (including phenoxy) is 2. The summed E-state index contributed by atoms with van der Waals surface area (Å²) in [7, 11) is 0. The Morgan fingerprint density at radius 2 is 1.85 bits per heavy atom. The Balaban J connectivity index is 1.70. The normalized spacial score (nSPS) is 10.8. The topological polar surface area (TPSA) is 65.7 Å². The van der Waals surface area contributed by atoms with Crippen LogP contribution in [0.25, 0.3) is 11.0 Å². The van der Waals surface area contributed by atoms with Gasteiger partial charge in [0.05, 0.1) is 0 Å². The molecular formula is C22H22O5. The van der Waals surface area contributed by atoms with Crippen molar-refractivity contribution in [3.8, 4) is 5.75 Å².